The van der Waals surface area contributed by atoms with E-state index in [1.807, 2.05) is 24.4 Å². The third kappa shape index (κ3) is 3.53. The molecule has 1 N–H and O–H groups in total. The van der Waals surface area contributed by atoms with Gasteiger partial charge >= 0.3 is 0 Å². The summed E-state index contributed by atoms with van der Waals surface area (Å²) in [5.41, 5.74) is 0.664. The van der Waals surface area contributed by atoms with Gasteiger partial charge in [-0.25, -0.2) is 4.98 Å². The summed E-state index contributed by atoms with van der Waals surface area (Å²) >= 11 is 1.31. The Hall–Kier alpha value is -2.48. The van der Waals surface area contributed by atoms with Gasteiger partial charge in [-0.3, -0.25) is 19.3 Å². The van der Waals surface area contributed by atoms with Crippen LogP contribution < -0.4 is 5.32 Å². The van der Waals surface area contributed by atoms with Crippen molar-refractivity contribution in [1.29, 1.82) is 0 Å². The predicted octanol–water partition coefficient (Wildman–Crippen LogP) is 3.22. The summed E-state index contributed by atoms with van der Waals surface area (Å²) in [6.45, 7) is 1.99. The Bertz CT molecular complexity index is 863. The molecule has 4 rings (SSSR count). The number of amides is 3. The molecule has 0 unspecified atom stereocenters. The minimum atomic E-state index is -0.262. The molecular weight excluding hydrogens is 366 g/mol. The van der Waals surface area contributed by atoms with Crippen molar-refractivity contribution in [3.05, 3.63) is 23.3 Å². The molecular formula is C19H21N3O4S. The lowest BCUT2D eigenvalue weighted by atomic mass is 9.81. The number of rotatable bonds is 5. The van der Waals surface area contributed by atoms with E-state index in [0.717, 1.165) is 31.4 Å². The maximum Gasteiger partial charge on any atom is 0.233 e. The Morgan fingerprint density at radius 2 is 1.96 bits per heavy atom. The minimum Gasteiger partial charge on any atom is -0.460 e. The number of hydrogen-bond acceptors (Lipinski definition) is 6. The average molecular weight is 387 g/mol. The van der Waals surface area contributed by atoms with Crippen LogP contribution >= 0.6 is 11.3 Å². The molecule has 2 aromatic heterocycles. The quantitative estimate of drug-likeness (QED) is 0.795. The molecule has 2 aromatic rings. The molecule has 3 amide bonds. The van der Waals surface area contributed by atoms with Crippen LogP contribution in [-0.2, 0) is 14.4 Å². The van der Waals surface area contributed by atoms with Crippen molar-refractivity contribution in [2.45, 2.75) is 39.0 Å². The monoisotopic (exact) mass is 387 g/mol. The van der Waals surface area contributed by atoms with Crippen molar-refractivity contribution in [3.63, 3.8) is 0 Å². The number of likely N-dealkylation sites (tertiary alicyclic amines) is 1. The van der Waals surface area contributed by atoms with Crippen molar-refractivity contribution in [3.8, 4) is 11.5 Å². The van der Waals surface area contributed by atoms with E-state index >= 15 is 0 Å². The second-order valence-electron chi connectivity index (χ2n) is 7.07. The highest BCUT2D eigenvalue weighted by molar-refractivity contribution is 7.14. The molecule has 3 heterocycles. The molecule has 1 aliphatic carbocycles. The molecule has 0 aromatic carbocycles. The Labute approximate surface area is 160 Å². The number of fused-ring (bicyclic) bond motifs is 1. The zero-order valence-electron chi connectivity index (χ0n) is 15.1. The molecule has 2 aliphatic rings. The van der Waals surface area contributed by atoms with Crippen molar-refractivity contribution in [1.82, 2.24) is 9.88 Å². The molecule has 0 bridgehead atoms. The fourth-order valence-corrected chi connectivity index (χ4v) is 4.58. The highest BCUT2D eigenvalue weighted by Crippen LogP contribution is 2.38. The topological polar surface area (TPSA) is 92.5 Å². The second-order valence-corrected chi connectivity index (χ2v) is 7.93. The number of anilines is 1. The van der Waals surface area contributed by atoms with E-state index in [4.69, 9.17) is 4.42 Å². The Morgan fingerprint density at radius 1 is 1.26 bits per heavy atom. The summed E-state index contributed by atoms with van der Waals surface area (Å²) in [5, 5.41) is 5.01. The Balaban J connectivity index is 1.33. The smallest absolute Gasteiger partial charge is 0.233 e. The van der Waals surface area contributed by atoms with Crippen LogP contribution in [0.2, 0.25) is 0 Å². The van der Waals surface area contributed by atoms with Crippen LogP contribution in [0.1, 0.15) is 37.9 Å². The summed E-state index contributed by atoms with van der Waals surface area (Å²) in [7, 11) is 0. The zero-order chi connectivity index (χ0) is 19.0. The van der Waals surface area contributed by atoms with Gasteiger partial charge in [0.05, 0.1) is 11.8 Å². The molecule has 1 saturated carbocycles. The molecule has 2 fully saturated rings. The second kappa shape index (κ2) is 7.26. The van der Waals surface area contributed by atoms with Gasteiger partial charge in [0.15, 0.2) is 10.9 Å². The predicted molar refractivity (Wildman–Crippen MR) is 100.0 cm³/mol. The van der Waals surface area contributed by atoms with Gasteiger partial charge < -0.3 is 9.73 Å². The standard InChI is InChI=1S/C19H21N3O4S/c1-11-6-7-15(26-11)14-10-27-19(20-14)21-16(23)8-9-22-17(24)12-4-2-3-5-13(12)18(22)25/h6-7,10,12-13H,2-5,8-9H2,1H3,(H,20,21,23)/t12-,13-/m1/s1. The third-order valence-electron chi connectivity index (χ3n) is 5.24. The number of imide groups is 1. The number of aryl methyl sites for hydroxylation is 1. The van der Waals surface area contributed by atoms with Crippen LogP contribution in [0.4, 0.5) is 5.13 Å². The number of nitrogens with one attached hydrogen (secondary N) is 1. The lowest BCUT2D eigenvalue weighted by molar-refractivity contribution is -0.140. The van der Waals surface area contributed by atoms with Crippen LogP contribution in [0.3, 0.4) is 0 Å². The Morgan fingerprint density at radius 3 is 2.59 bits per heavy atom. The van der Waals surface area contributed by atoms with Gasteiger partial charge in [-0.05, 0) is 31.9 Å². The number of nitrogens with zero attached hydrogens (tertiary/aromatic N) is 2. The van der Waals surface area contributed by atoms with E-state index in [1.54, 1.807) is 0 Å². The molecule has 8 heteroatoms. The highest BCUT2D eigenvalue weighted by Gasteiger charge is 2.47. The van der Waals surface area contributed by atoms with Crippen molar-refractivity contribution >= 4 is 34.2 Å². The van der Waals surface area contributed by atoms with Gasteiger partial charge in [0.2, 0.25) is 17.7 Å². The first-order valence-electron chi connectivity index (χ1n) is 9.20. The maximum absolute atomic E-state index is 12.4. The Kier molecular flexibility index (Phi) is 4.82. The number of carbonyl (C=O) groups excluding carboxylic acids is 3. The van der Waals surface area contributed by atoms with E-state index < -0.39 is 0 Å². The first-order chi connectivity index (χ1) is 13.0. The van der Waals surface area contributed by atoms with Crippen LogP contribution in [-0.4, -0.2) is 34.2 Å². The average Bonchev–Trinajstić information content (AvgIpc) is 3.35. The molecule has 2 atom stereocenters. The van der Waals surface area contributed by atoms with Crippen LogP contribution in [0.5, 0.6) is 0 Å². The fourth-order valence-electron chi connectivity index (χ4n) is 3.86. The minimum absolute atomic E-state index is 0.0751. The van der Waals surface area contributed by atoms with Crippen LogP contribution in [0.15, 0.2) is 21.9 Å². The van der Waals surface area contributed by atoms with Crippen LogP contribution in [0, 0.1) is 18.8 Å². The summed E-state index contributed by atoms with van der Waals surface area (Å²) in [6, 6.07) is 3.69. The molecule has 27 heavy (non-hydrogen) atoms. The lowest BCUT2D eigenvalue weighted by Crippen LogP contribution is -2.34. The molecule has 1 aliphatic heterocycles. The van der Waals surface area contributed by atoms with Gasteiger partial charge in [0.25, 0.3) is 0 Å². The van der Waals surface area contributed by atoms with Crippen molar-refractivity contribution in [2.24, 2.45) is 11.8 Å². The molecule has 142 valence electrons. The number of carbonyl (C=O) groups is 3. The molecule has 7 nitrogen and oxygen atoms in total. The summed E-state index contributed by atoms with van der Waals surface area (Å²) in [4.78, 5) is 42.7. The number of hydrogen-bond donors (Lipinski definition) is 1. The number of thiazole rings is 1. The molecule has 1 saturated heterocycles. The third-order valence-corrected chi connectivity index (χ3v) is 6.00. The molecule has 0 spiro atoms. The van der Waals surface area contributed by atoms with Gasteiger partial charge in [-0.2, -0.15) is 0 Å². The number of aromatic nitrogens is 1. The fraction of sp³-hybridized carbons (Fsp3) is 0.474. The number of furan rings is 1. The normalized spacial score (nSPS) is 22.2. The van der Waals surface area contributed by atoms with Gasteiger partial charge in [-0.1, -0.05) is 12.8 Å². The van der Waals surface area contributed by atoms with Gasteiger partial charge in [-0.15, -0.1) is 11.3 Å². The van der Waals surface area contributed by atoms with E-state index in [9.17, 15) is 14.4 Å². The summed E-state index contributed by atoms with van der Waals surface area (Å²) in [5.74, 6) is 0.621. The van der Waals surface area contributed by atoms with E-state index in [1.165, 1.54) is 16.2 Å². The van der Waals surface area contributed by atoms with Gasteiger partial charge in [0.1, 0.15) is 11.5 Å². The van der Waals surface area contributed by atoms with Crippen LogP contribution in [0.25, 0.3) is 11.5 Å². The SMILES string of the molecule is Cc1ccc(-c2csc(NC(=O)CCN3C(=O)[C@@H]4CCCC[C@H]4C3=O)n2)o1. The first-order valence-corrected chi connectivity index (χ1v) is 10.1. The highest BCUT2D eigenvalue weighted by atomic mass is 32.1. The summed E-state index contributed by atoms with van der Waals surface area (Å²) in [6.07, 6.45) is 3.63. The maximum atomic E-state index is 12.4. The van der Waals surface area contributed by atoms with Gasteiger partial charge in [0, 0.05) is 18.3 Å². The summed E-state index contributed by atoms with van der Waals surface area (Å²) < 4.78 is 5.52. The van der Waals surface area contributed by atoms with Crippen molar-refractivity contribution < 1.29 is 18.8 Å². The molecule has 0 radical (unpaired) electrons. The lowest BCUT2D eigenvalue weighted by Gasteiger charge is -2.19. The van der Waals surface area contributed by atoms with E-state index in [2.05, 4.69) is 10.3 Å². The van der Waals surface area contributed by atoms with E-state index in [-0.39, 0.29) is 42.5 Å². The first kappa shape index (κ1) is 17.9. The zero-order valence-corrected chi connectivity index (χ0v) is 15.9. The van der Waals surface area contributed by atoms with Crippen molar-refractivity contribution in [2.75, 3.05) is 11.9 Å². The largest absolute Gasteiger partial charge is 0.460 e. The van der Waals surface area contributed by atoms with E-state index in [0.29, 0.717) is 16.6 Å².